The molecule has 27 heavy (non-hydrogen) atoms. The molecular formula is C19H19BrN2O5. The summed E-state index contributed by atoms with van der Waals surface area (Å²) in [6.07, 6.45) is -0.619. The van der Waals surface area contributed by atoms with Gasteiger partial charge in [-0.3, -0.25) is 4.79 Å². The zero-order chi connectivity index (χ0) is 19.6. The predicted octanol–water partition coefficient (Wildman–Crippen LogP) is 2.32. The summed E-state index contributed by atoms with van der Waals surface area (Å²) in [5.41, 5.74) is 6.59. The predicted molar refractivity (Wildman–Crippen MR) is 102 cm³/mol. The SMILES string of the molecule is NC(=O)COC(=O)C(Cc1ccccc1Br)NC(=O)OCc1ccccc1. The number of alkyl carbamates (subject to hydrolysis) is 1. The number of nitrogens with one attached hydrogen (secondary N) is 1. The number of primary amides is 1. The summed E-state index contributed by atoms with van der Waals surface area (Å²) in [5.74, 6) is -1.56. The summed E-state index contributed by atoms with van der Waals surface area (Å²) in [6, 6.07) is 15.3. The highest BCUT2D eigenvalue weighted by Gasteiger charge is 2.24. The van der Waals surface area contributed by atoms with E-state index in [2.05, 4.69) is 21.2 Å². The van der Waals surface area contributed by atoms with E-state index in [-0.39, 0.29) is 13.0 Å². The van der Waals surface area contributed by atoms with Crippen LogP contribution in [0.4, 0.5) is 4.79 Å². The van der Waals surface area contributed by atoms with Crippen LogP contribution in [-0.4, -0.2) is 30.6 Å². The minimum atomic E-state index is -1.04. The Kier molecular flexibility index (Phi) is 7.81. The Bertz CT molecular complexity index is 798. The third-order valence-electron chi connectivity index (χ3n) is 3.53. The molecule has 142 valence electrons. The van der Waals surface area contributed by atoms with Gasteiger partial charge in [0.15, 0.2) is 6.61 Å². The Morgan fingerprint density at radius 2 is 1.67 bits per heavy atom. The molecule has 0 heterocycles. The van der Waals surface area contributed by atoms with Gasteiger partial charge in [-0.05, 0) is 17.2 Å². The molecule has 0 saturated heterocycles. The first-order valence-electron chi connectivity index (χ1n) is 8.11. The number of esters is 1. The molecule has 0 spiro atoms. The number of carbonyl (C=O) groups is 3. The molecule has 2 aromatic rings. The molecule has 2 aromatic carbocycles. The summed E-state index contributed by atoms with van der Waals surface area (Å²) < 4.78 is 10.8. The number of nitrogens with two attached hydrogens (primary N) is 1. The Morgan fingerprint density at radius 1 is 1.00 bits per heavy atom. The van der Waals surface area contributed by atoms with Gasteiger partial charge in [-0.1, -0.05) is 64.5 Å². The van der Waals surface area contributed by atoms with Crippen LogP contribution in [-0.2, 0) is 32.1 Å². The fourth-order valence-corrected chi connectivity index (χ4v) is 2.67. The van der Waals surface area contributed by atoms with Gasteiger partial charge in [0.25, 0.3) is 5.91 Å². The van der Waals surface area contributed by atoms with Crippen LogP contribution in [0.1, 0.15) is 11.1 Å². The monoisotopic (exact) mass is 434 g/mol. The number of halogens is 1. The van der Waals surface area contributed by atoms with Crippen molar-refractivity contribution < 1.29 is 23.9 Å². The average molecular weight is 435 g/mol. The normalized spacial score (nSPS) is 11.3. The van der Waals surface area contributed by atoms with Gasteiger partial charge < -0.3 is 20.5 Å². The first-order chi connectivity index (χ1) is 13.0. The van der Waals surface area contributed by atoms with E-state index in [0.29, 0.717) is 0 Å². The molecule has 0 aliphatic heterocycles. The van der Waals surface area contributed by atoms with Crippen molar-refractivity contribution >= 4 is 33.9 Å². The molecule has 1 atom stereocenters. The van der Waals surface area contributed by atoms with Crippen molar-refractivity contribution in [1.29, 1.82) is 0 Å². The fourth-order valence-electron chi connectivity index (χ4n) is 2.23. The number of carbonyl (C=O) groups excluding carboxylic acids is 3. The molecule has 0 radical (unpaired) electrons. The molecule has 1 unspecified atom stereocenters. The second-order valence-electron chi connectivity index (χ2n) is 5.63. The second kappa shape index (κ2) is 10.3. The molecule has 8 heteroatoms. The van der Waals surface area contributed by atoms with Gasteiger partial charge in [0.2, 0.25) is 0 Å². The first-order valence-corrected chi connectivity index (χ1v) is 8.90. The van der Waals surface area contributed by atoms with Crippen molar-refractivity contribution in [1.82, 2.24) is 5.32 Å². The highest BCUT2D eigenvalue weighted by molar-refractivity contribution is 9.10. The summed E-state index contributed by atoms with van der Waals surface area (Å²) in [6.45, 7) is -0.503. The van der Waals surface area contributed by atoms with E-state index in [1.165, 1.54) is 0 Å². The van der Waals surface area contributed by atoms with Crippen LogP contribution in [0.2, 0.25) is 0 Å². The summed E-state index contributed by atoms with van der Waals surface area (Å²) in [7, 11) is 0. The quantitative estimate of drug-likeness (QED) is 0.619. The standard InChI is InChI=1S/C19H19BrN2O5/c20-15-9-5-4-8-14(15)10-16(18(24)26-12-17(21)23)22-19(25)27-11-13-6-2-1-3-7-13/h1-9,16H,10-12H2,(H2,21,23)(H,22,25). The van der Waals surface area contributed by atoms with E-state index in [1.807, 2.05) is 42.5 Å². The lowest BCUT2D eigenvalue weighted by molar-refractivity contribution is -0.149. The summed E-state index contributed by atoms with van der Waals surface area (Å²) in [5, 5.41) is 2.48. The van der Waals surface area contributed by atoms with Crippen molar-refractivity contribution in [2.45, 2.75) is 19.1 Å². The number of hydrogen-bond donors (Lipinski definition) is 2. The second-order valence-corrected chi connectivity index (χ2v) is 6.48. The minimum Gasteiger partial charge on any atom is -0.454 e. The molecule has 2 amide bonds. The lowest BCUT2D eigenvalue weighted by atomic mass is 10.1. The van der Waals surface area contributed by atoms with Gasteiger partial charge in [0.05, 0.1) is 0 Å². The molecule has 7 nitrogen and oxygen atoms in total. The molecule has 0 fully saturated rings. The lowest BCUT2D eigenvalue weighted by Crippen LogP contribution is -2.44. The minimum absolute atomic E-state index is 0.0603. The maximum Gasteiger partial charge on any atom is 0.408 e. The number of ether oxygens (including phenoxy) is 2. The molecule has 0 aliphatic rings. The summed E-state index contributed by atoms with van der Waals surface area (Å²) in [4.78, 5) is 35.2. The molecule has 2 rings (SSSR count). The number of amides is 2. The van der Waals surface area contributed by atoms with Crippen LogP contribution in [0, 0.1) is 0 Å². The van der Waals surface area contributed by atoms with Crippen molar-refractivity contribution in [3.8, 4) is 0 Å². The van der Waals surface area contributed by atoms with Gasteiger partial charge in [0, 0.05) is 10.9 Å². The molecule has 0 aliphatic carbocycles. The van der Waals surface area contributed by atoms with E-state index in [9.17, 15) is 14.4 Å². The van der Waals surface area contributed by atoms with Gasteiger partial charge >= 0.3 is 12.1 Å². The summed E-state index contributed by atoms with van der Waals surface area (Å²) >= 11 is 3.39. The Hall–Kier alpha value is -2.87. The maximum atomic E-state index is 12.3. The van der Waals surface area contributed by atoms with Crippen LogP contribution >= 0.6 is 15.9 Å². The third-order valence-corrected chi connectivity index (χ3v) is 4.30. The highest BCUT2D eigenvalue weighted by atomic mass is 79.9. The number of rotatable bonds is 8. The van der Waals surface area contributed by atoms with E-state index >= 15 is 0 Å². The maximum absolute atomic E-state index is 12.3. The van der Waals surface area contributed by atoms with E-state index < -0.39 is 30.6 Å². The van der Waals surface area contributed by atoms with E-state index in [0.717, 1.165) is 15.6 Å². The van der Waals surface area contributed by atoms with Crippen LogP contribution in [0.5, 0.6) is 0 Å². The van der Waals surface area contributed by atoms with Crippen molar-refractivity contribution in [3.63, 3.8) is 0 Å². The topological polar surface area (TPSA) is 108 Å². The fraction of sp³-hybridized carbons (Fsp3) is 0.211. The molecule has 0 bridgehead atoms. The van der Waals surface area contributed by atoms with Gasteiger partial charge in [-0.15, -0.1) is 0 Å². The number of benzene rings is 2. The Balaban J connectivity index is 2.01. The zero-order valence-electron chi connectivity index (χ0n) is 14.4. The van der Waals surface area contributed by atoms with Gasteiger partial charge in [-0.25, -0.2) is 9.59 Å². The van der Waals surface area contributed by atoms with Crippen molar-refractivity contribution in [2.75, 3.05) is 6.61 Å². The van der Waals surface area contributed by atoms with Gasteiger partial charge in [0.1, 0.15) is 12.6 Å². The highest BCUT2D eigenvalue weighted by Crippen LogP contribution is 2.18. The Morgan fingerprint density at radius 3 is 2.33 bits per heavy atom. The van der Waals surface area contributed by atoms with E-state index in [1.54, 1.807) is 12.1 Å². The van der Waals surface area contributed by atoms with Crippen LogP contribution in [0.25, 0.3) is 0 Å². The molecular weight excluding hydrogens is 416 g/mol. The zero-order valence-corrected chi connectivity index (χ0v) is 16.0. The Labute approximate surface area is 165 Å². The van der Waals surface area contributed by atoms with Crippen LogP contribution in [0.3, 0.4) is 0 Å². The lowest BCUT2D eigenvalue weighted by Gasteiger charge is -2.18. The largest absolute Gasteiger partial charge is 0.454 e. The third kappa shape index (κ3) is 7.10. The number of hydrogen-bond acceptors (Lipinski definition) is 5. The van der Waals surface area contributed by atoms with Gasteiger partial charge in [-0.2, -0.15) is 0 Å². The molecule has 0 saturated carbocycles. The van der Waals surface area contributed by atoms with E-state index in [4.69, 9.17) is 15.2 Å². The van der Waals surface area contributed by atoms with Crippen LogP contribution in [0.15, 0.2) is 59.1 Å². The first kappa shape index (κ1) is 20.4. The molecule has 3 N–H and O–H groups in total. The average Bonchev–Trinajstić information content (AvgIpc) is 2.66. The van der Waals surface area contributed by atoms with Crippen molar-refractivity contribution in [2.24, 2.45) is 5.73 Å². The van der Waals surface area contributed by atoms with Crippen molar-refractivity contribution in [3.05, 3.63) is 70.2 Å². The van der Waals surface area contributed by atoms with Crippen LogP contribution < -0.4 is 11.1 Å². The smallest absolute Gasteiger partial charge is 0.408 e. The molecule has 0 aromatic heterocycles.